The maximum absolute atomic E-state index is 13.0. The Morgan fingerprint density at radius 1 is 1.16 bits per heavy atom. The fraction of sp³-hybridized carbons (Fsp3) is 0.316. The Bertz CT molecular complexity index is 894. The number of benzene rings is 2. The predicted octanol–water partition coefficient (Wildman–Crippen LogP) is 2.98. The minimum atomic E-state index is -3.62. The molecule has 25 heavy (non-hydrogen) atoms. The van der Waals surface area contributed by atoms with E-state index in [0.29, 0.717) is 13.0 Å². The number of carbonyl (C=O) groups is 1. The van der Waals surface area contributed by atoms with Crippen LogP contribution in [0.25, 0.3) is 0 Å². The molecule has 0 aromatic heterocycles. The number of sulfonamides is 1. The minimum Gasteiger partial charge on any atom is -0.312 e. The first-order chi connectivity index (χ1) is 11.8. The molecule has 0 radical (unpaired) electrons. The molecule has 0 bridgehead atoms. The monoisotopic (exact) mass is 358 g/mol. The van der Waals surface area contributed by atoms with E-state index in [0.717, 1.165) is 16.8 Å². The summed E-state index contributed by atoms with van der Waals surface area (Å²) in [6.07, 6.45) is 0.677. The van der Waals surface area contributed by atoms with Crippen molar-refractivity contribution in [2.45, 2.75) is 31.2 Å². The predicted molar refractivity (Wildman–Crippen MR) is 98.0 cm³/mol. The van der Waals surface area contributed by atoms with Gasteiger partial charge < -0.3 is 4.90 Å². The molecule has 0 saturated carbocycles. The number of carbonyl (C=O) groups excluding carboxylic acids is 1. The zero-order chi connectivity index (χ0) is 18.2. The smallest absolute Gasteiger partial charge is 0.243 e. The molecule has 3 rings (SSSR count). The second-order valence-electron chi connectivity index (χ2n) is 6.32. The second-order valence-corrected chi connectivity index (χ2v) is 8.32. The van der Waals surface area contributed by atoms with E-state index in [1.165, 1.54) is 11.2 Å². The third-order valence-electron chi connectivity index (χ3n) is 4.83. The number of nitrogens with zero attached hydrogens (tertiary/aromatic N) is 2. The lowest BCUT2D eigenvalue weighted by Gasteiger charge is -2.25. The van der Waals surface area contributed by atoms with Gasteiger partial charge in [-0.15, -0.1) is 0 Å². The van der Waals surface area contributed by atoms with Gasteiger partial charge in [-0.3, -0.25) is 4.79 Å². The van der Waals surface area contributed by atoms with E-state index in [4.69, 9.17) is 0 Å². The third kappa shape index (κ3) is 3.19. The number of hydrogen-bond acceptors (Lipinski definition) is 3. The quantitative estimate of drug-likeness (QED) is 0.844. The van der Waals surface area contributed by atoms with Crippen LogP contribution in [-0.4, -0.2) is 32.2 Å². The molecule has 1 unspecified atom stereocenters. The molecule has 0 aliphatic carbocycles. The van der Waals surface area contributed by atoms with Gasteiger partial charge in [-0.1, -0.05) is 30.3 Å². The highest BCUT2D eigenvalue weighted by atomic mass is 32.2. The molecule has 132 valence electrons. The summed E-state index contributed by atoms with van der Waals surface area (Å²) in [5, 5.41) is 0. The molecule has 1 heterocycles. The third-order valence-corrected chi connectivity index (χ3v) is 6.76. The molecule has 0 spiro atoms. The molecule has 1 amide bonds. The first-order valence-electron chi connectivity index (χ1n) is 8.26. The van der Waals surface area contributed by atoms with E-state index >= 15 is 0 Å². The van der Waals surface area contributed by atoms with Gasteiger partial charge in [-0.2, -0.15) is 4.31 Å². The van der Waals surface area contributed by atoms with Crippen molar-refractivity contribution in [3.05, 3.63) is 59.7 Å². The molecule has 2 aromatic rings. The summed E-state index contributed by atoms with van der Waals surface area (Å²) in [6, 6.07) is 14.3. The van der Waals surface area contributed by atoms with Crippen molar-refractivity contribution < 1.29 is 13.2 Å². The molecule has 1 aliphatic heterocycles. The topological polar surface area (TPSA) is 57.7 Å². The van der Waals surface area contributed by atoms with Crippen LogP contribution < -0.4 is 4.90 Å². The molecule has 1 atom stereocenters. The summed E-state index contributed by atoms with van der Waals surface area (Å²) in [7, 11) is -2.02. The molecule has 0 N–H and O–H groups in total. The van der Waals surface area contributed by atoms with Crippen LogP contribution in [0.5, 0.6) is 0 Å². The van der Waals surface area contributed by atoms with Crippen LogP contribution in [0.1, 0.15) is 31.0 Å². The van der Waals surface area contributed by atoms with Crippen molar-refractivity contribution in [3.8, 4) is 0 Å². The zero-order valence-electron chi connectivity index (χ0n) is 14.6. The van der Waals surface area contributed by atoms with E-state index in [1.807, 2.05) is 37.3 Å². The average Bonchev–Trinajstić information content (AvgIpc) is 3.04. The molecular formula is C19H22N2O3S. The van der Waals surface area contributed by atoms with Gasteiger partial charge in [0.05, 0.1) is 4.90 Å². The Hall–Kier alpha value is -2.18. The van der Waals surface area contributed by atoms with Gasteiger partial charge in [-0.25, -0.2) is 8.42 Å². The summed E-state index contributed by atoms with van der Waals surface area (Å²) in [5.74, 6) is -0.0239. The van der Waals surface area contributed by atoms with Crippen molar-refractivity contribution in [3.63, 3.8) is 0 Å². The highest BCUT2D eigenvalue weighted by Gasteiger charge is 2.29. The largest absolute Gasteiger partial charge is 0.312 e. The fourth-order valence-corrected chi connectivity index (χ4v) is 4.58. The molecular weight excluding hydrogens is 336 g/mol. The Kier molecular flexibility index (Phi) is 4.67. The van der Waals surface area contributed by atoms with E-state index in [1.54, 1.807) is 30.1 Å². The SMILES string of the molecule is CC(=O)N1CCc2cc(S(=O)(=O)N(C)C(C)c3ccccc3)ccc21. The van der Waals surface area contributed by atoms with Crippen molar-refractivity contribution in [2.75, 3.05) is 18.5 Å². The van der Waals surface area contributed by atoms with Crippen LogP contribution in [0.3, 0.4) is 0 Å². The molecule has 6 heteroatoms. The summed E-state index contributed by atoms with van der Waals surface area (Å²) in [6.45, 7) is 4.00. The van der Waals surface area contributed by atoms with Crippen molar-refractivity contribution >= 4 is 21.6 Å². The lowest BCUT2D eigenvalue weighted by molar-refractivity contribution is -0.116. The Balaban J connectivity index is 1.92. The number of amides is 1. The van der Waals surface area contributed by atoms with Crippen molar-refractivity contribution in [2.24, 2.45) is 0 Å². The van der Waals surface area contributed by atoms with Crippen LogP contribution >= 0.6 is 0 Å². The normalized spacial score (nSPS) is 15.3. The van der Waals surface area contributed by atoms with Crippen LogP contribution in [0.15, 0.2) is 53.4 Å². The zero-order valence-corrected chi connectivity index (χ0v) is 15.5. The lowest BCUT2D eigenvalue weighted by atomic mass is 10.1. The molecule has 2 aromatic carbocycles. The van der Waals surface area contributed by atoms with E-state index in [2.05, 4.69) is 0 Å². The number of fused-ring (bicyclic) bond motifs is 1. The Labute approximate surface area is 148 Å². The Morgan fingerprint density at radius 3 is 2.48 bits per heavy atom. The van der Waals surface area contributed by atoms with Crippen LogP contribution in [0.2, 0.25) is 0 Å². The number of anilines is 1. The standard InChI is InChI=1S/C19H22N2O3S/c1-14(16-7-5-4-6-8-16)20(3)25(23,24)18-9-10-19-17(13-18)11-12-21(19)15(2)22/h4-10,13-14H,11-12H2,1-3H3. The minimum absolute atomic E-state index is 0.0239. The van der Waals surface area contributed by atoms with Gasteiger partial charge in [0.25, 0.3) is 0 Å². The van der Waals surface area contributed by atoms with Gasteiger partial charge in [0.15, 0.2) is 0 Å². The van der Waals surface area contributed by atoms with E-state index in [-0.39, 0.29) is 16.8 Å². The first kappa shape index (κ1) is 17.6. The van der Waals surface area contributed by atoms with Crippen LogP contribution in [-0.2, 0) is 21.2 Å². The number of hydrogen-bond donors (Lipinski definition) is 0. The summed E-state index contributed by atoms with van der Waals surface area (Å²) < 4.78 is 27.4. The lowest BCUT2D eigenvalue weighted by Crippen LogP contribution is -2.30. The van der Waals surface area contributed by atoms with Crippen molar-refractivity contribution in [1.29, 1.82) is 0 Å². The fourth-order valence-electron chi connectivity index (χ4n) is 3.18. The maximum atomic E-state index is 13.0. The summed E-state index contributed by atoms with van der Waals surface area (Å²) >= 11 is 0. The van der Waals surface area contributed by atoms with Gasteiger partial charge in [0.1, 0.15) is 0 Å². The van der Waals surface area contributed by atoms with Crippen LogP contribution in [0, 0.1) is 0 Å². The van der Waals surface area contributed by atoms with Gasteiger partial charge in [0.2, 0.25) is 15.9 Å². The Morgan fingerprint density at radius 2 is 1.84 bits per heavy atom. The summed E-state index contributed by atoms with van der Waals surface area (Å²) in [4.78, 5) is 13.6. The molecule has 1 aliphatic rings. The maximum Gasteiger partial charge on any atom is 0.243 e. The highest BCUT2D eigenvalue weighted by molar-refractivity contribution is 7.89. The van der Waals surface area contributed by atoms with Gasteiger partial charge in [-0.05, 0) is 42.7 Å². The first-order valence-corrected chi connectivity index (χ1v) is 9.70. The molecule has 0 fully saturated rings. The average molecular weight is 358 g/mol. The summed E-state index contributed by atoms with van der Waals surface area (Å²) in [5.41, 5.74) is 2.65. The van der Waals surface area contributed by atoms with E-state index in [9.17, 15) is 13.2 Å². The molecule has 5 nitrogen and oxygen atoms in total. The second kappa shape index (κ2) is 6.61. The van der Waals surface area contributed by atoms with Gasteiger partial charge in [0, 0.05) is 32.2 Å². The molecule has 0 saturated heterocycles. The number of rotatable bonds is 4. The highest BCUT2D eigenvalue weighted by Crippen LogP contribution is 2.32. The van der Waals surface area contributed by atoms with Gasteiger partial charge >= 0.3 is 0 Å². The van der Waals surface area contributed by atoms with Crippen LogP contribution in [0.4, 0.5) is 5.69 Å². The van der Waals surface area contributed by atoms with Crippen molar-refractivity contribution in [1.82, 2.24) is 4.31 Å². The van der Waals surface area contributed by atoms with E-state index < -0.39 is 10.0 Å².